The third-order valence-corrected chi connectivity index (χ3v) is 4.39. The second-order valence-corrected chi connectivity index (χ2v) is 7.34. The molecule has 7 nitrogen and oxygen atoms in total. The first-order chi connectivity index (χ1) is 13.3. The third kappa shape index (κ3) is 3.48. The van der Waals surface area contributed by atoms with Gasteiger partial charge in [-0.3, -0.25) is 0 Å². The van der Waals surface area contributed by atoms with Gasteiger partial charge in [0.15, 0.2) is 0 Å². The van der Waals surface area contributed by atoms with Crippen molar-refractivity contribution in [2.45, 2.75) is 19.4 Å². The molecule has 4 aromatic rings. The van der Waals surface area contributed by atoms with Gasteiger partial charge in [0.05, 0.1) is 5.52 Å². The van der Waals surface area contributed by atoms with Crippen molar-refractivity contribution in [2.75, 3.05) is 11.9 Å². The number of aromatic nitrogens is 5. The number of hydrogen-bond acceptors (Lipinski definition) is 6. The van der Waals surface area contributed by atoms with E-state index in [0.717, 1.165) is 22.2 Å². The van der Waals surface area contributed by atoms with Crippen molar-refractivity contribution < 1.29 is 5.11 Å². The highest BCUT2D eigenvalue weighted by atomic mass is 35.5. The lowest BCUT2D eigenvalue weighted by atomic mass is 10.1. The number of aliphatic hydroxyl groups is 1. The topological polar surface area (TPSA) is 79.4 Å². The van der Waals surface area contributed by atoms with Gasteiger partial charge in [-0.05, 0) is 60.7 Å². The Balaban J connectivity index is 1.84. The molecule has 0 unspecified atom stereocenters. The molecule has 1 N–H and O–H groups in total. The fourth-order valence-electron chi connectivity index (χ4n) is 2.83. The first-order valence-electron chi connectivity index (χ1n) is 8.58. The van der Waals surface area contributed by atoms with Crippen molar-refractivity contribution in [1.82, 2.24) is 25.0 Å². The minimum atomic E-state index is -1.05. The number of benzene rings is 2. The fourth-order valence-corrected chi connectivity index (χ4v) is 2.99. The summed E-state index contributed by atoms with van der Waals surface area (Å²) in [7, 11) is 1.92. The minimum Gasteiger partial charge on any atom is -0.378 e. The molecule has 4 rings (SSSR count). The Morgan fingerprint density at radius 2 is 2.00 bits per heavy atom. The molecule has 28 heavy (non-hydrogen) atoms. The summed E-state index contributed by atoms with van der Waals surface area (Å²) in [5.74, 6) is 6.91. The molecule has 2 aromatic carbocycles. The molecule has 2 aromatic heterocycles. The zero-order chi connectivity index (χ0) is 19.9. The van der Waals surface area contributed by atoms with E-state index in [9.17, 15) is 5.11 Å². The molecule has 0 fully saturated rings. The molecule has 0 atom stereocenters. The minimum absolute atomic E-state index is 0.384. The van der Waals surface area contributed by atoms with Crippen LogP contribution in [0.25, 0.3) is 16.7 Å². The Morgan fingerprint density at radius 1 is 1.18 bits per heavy atom. The largest absolute Gasteiger partial charge is 0.378 e. The Kier molecular flexibility index (Phi) is 4.38. The predicted molar refractivity (Wildman–Crippen MR) is 109 cm³/mol. The highest BCUT2D eigenvalue weighted by molar-refractivity contribution is 6.31. The number of halogens is 1. The van der Waals surface area contributed by atoms with E-state index in [-0.39, 0.29) is 0 Å². The Bertz CT molecular complexity index is 1250. The van der Waals surface area contributed by atoms with Gasteiger partial charge in [0.1, 0.15) is 11.4 Å². The molecule has 0 spiro atoms. The van der Waals surface area contributed by atoms with Crippen LogP contribution in [0.5, 0.6) is 0 Å². The van der Waals surface area contributed by atoms with Crippen molar-refractivity contribution in [3.63, 3.8) is 0 Å². The van der Waals surface area contributed by atoms with E-state index in [0.29, 0.717) is 16.6 Å². The molecule has 0 bridgehead atoms. The molecule has 0 saturated heterocycles. The molecule has 0 aliphatic heterocycles. The van der Waals surface area contributed by atoms with Crippen LogP contribution in [-0.2, 0) is 0 Å². The Morgan fingerprint density at radius 3 is 2.79 bits per heavy atom. The molecule has 0 radical (unpaired) electrons. The van der Waals surface area contributed by atoms with Gasteiger partial charge in [0.25, 0.3) is 5.78 Å². The molecule has 2 heterocycles. The molecule has 8 heteroatoms. The molecule has 0 saturated carbocycles. The Hall–Kier alpha value is -3.21. The van der Waals surface area contributed by atoms with E-state index in [2.05, 4.69) is 32.4 Å². The summed E-state index contributed by atoms with van der Waals surface area (Å²) in [5, 5.41) is 23.0. The monoisotopic (exact) mass is 392 g/mol. The third-order valence-electron chi connectivity index (χ3n) is 4.15. The van der Waals surface area contributed by atoms with Crippen LogP contribution in [0.3, 0.4) is 0 Å². The van der Waals surface area contributed by atoms with E-state index >= 15 is 0 Å². The van der Waals surface area contributed by atoms with Gasteiger partial charge in [-0.15, -0.1) is 0 Å². The van der Waals surface area contributed by atoms with Crippen LogP contribution in [-0.4, -0.2) is 42.8 Å². The summed E-state index contributed by atoms with van der Waals surface area (Å²) < 4.78 is 1.56. The van der Waals surface area contributed by atoms with Crippen molar-refractivity contribution in [1.29, 1.82) is 0 Å². The standard InChI is InChI=1S/C20H17ClN6O/c1-20(2,28)10-9-13-5-4-6-15(11-13)26(3)18-16-8-7-14(21)12-17(16)27-19(22-18)23-24-25-27/h4-8,11-12,28H,1-3H3. The van der Waals surface area contributed by atoms with Gasteiger partial charge in [-0.1, -0.05) is 34.6 Å². The highest BCUT2D eigenvalue weighted by Gasteiger charge is 2.16. The molecule has 140 valence electrons. The van der Waals surface area contributed by atoms with Crippen molar-refractivity contribution >= 4 is 39.8 Å². The van der Waals surface area contributed by atoms with Crippen LogP contribution < -0.4 is 4.90 Å². The van der Waals surface area contributed by atoms with Gasteiger partial charge < -0.3 is 10.0 Å². The number of tetrazole rings is 1. The van der Waals surface area contributed by atoms with Crippen LogP contribution in [0.1, 0.15) is 19.4 Å². The fraction of sp³-hybridized carbons (Fsp3) is 0.200. The number of fused-ring (bicyclic) bond motifs is 3. The molecule has 0 amide bonds. The lowest BCUT2D eigenvalue weighted by Crippen LogP contribution is -2.14. The molecular formula is C20H17ClN6O. The van der Waals surface area contributed by atoms with E-state index < -0.39 is 5.60 Å². The van der Waals surface area contributed by atoms with Gasteiger partial charge in [-0.2, -0.15) is 9.50 Å². The highest BCUT2D eigenvalue weighted by Crippen LogP contribution is 2.31. The molecular weight excluding hydrogens is 376 g/mol. The van der Waals surface area contributed by atoms with E-state index in [4.69, 9.17) is 11.6 Å². The maximum atomic E-state index is 9.83. The lowest BCUT2D eigenvalue weighted by Gasteiger charge is -2.20. The van der Waals surface area contributed by atoms with Crippen LogP contribution in [0, 0.1) is 11.8 Å². The second-order valence-electron chi connectivity index (χ2n) is 6.91. The summed E-state index contributed by atoms with van der Waals surface area (Å²) in [6.07, 6.45) is 0. The van der Waals surface area contributed by atoms with Crippen LogP contribution in [0.2, 0.25) is 5.02 Å². The van der Waals surface area contributed by atoms with Crippen LogP contribution >= 0.6 is 11.6 Å². The first-order valence-corrected chi connectivity index (χ1v) is 8.96. The van der Waals surface area contributed by atoms with Crippen molar-refractivity contribution in [2.24, 2.45) is 0 Å². The average molecular weight is 393 g/mol. The number of nitrogens with zero attached hydrogens (tertiary/aromatic N) is 6. The molecule has 0 aliphatic carbocycles. The number of hydrogen-bond donors (Lipinski definition) is 1. The van der Waals surface area contributed by atoms with Crippen LogP contribution in [0.15, 0.2) is 42.5 Å². The van der Waals surface area contributed by atoms with Crippen molar-refractivity contribution in [3.8, 4) is 11.8 Å². The SMILES string of the molecule is CN(c1cccc(C#CC(C)(C)O)c1)c1nc2nnnn2c2cc(Cl)ccc12. The summed E-state index contributed by atoms with van der Waals surface area (Å²) >= 11 is 6.18. The summed E-state index contributed by atoms with van der Waals surface area (Å²) in [6, 6.07) is 13.2. The average Bonchev–Trinajstić information content (AvgIpc) is 3.13. The maximum absolute atomic E-state index is 9.83. The predicted octanol–water partition coefficient (Wildman–Crippen LogP) is 3.22. The Labute approximate surface area is 166 Å². The van der Waals surface area contributed by atoms with Crippen molar-refractivity contribution in [3.05, 3.63) is 53.1 Å². The van der Waals surface area contributed by atoms with Crippen LogP contribution in [0.4, 0.5) is 11.5 Å². The zero-order valence-electron chi connectivity index (χ0n) is 15.5. The lowest BCUT2D eigenvalue weighted by molar-refractivity contribution is 0.143. The first kappa shape index (κ1) is 18.2. The maximum Gasteiger partial charge on any atom is 0.275 e. The number of rotatable bonds is 2. The summed E-state index contributed by atoms with van der Waals surface area (Å²) in [6.45, 7) is 3.30. The van der Waals surface area contributed by atoms with Gasteiger partial charge in [0, 0.05) is 28.7 Å². The van der Waals surface area contributed by atoms with Gasteiger partial charge >= 0.3 is 0 Å². The second kappa shape index (κ2) is 6.75. The molecule has 0 aliphatic rings. The zero-order valence-corrected chi connectivity index (χ0v) is 16.3. The van der Waals surface area contributed by atoms with E-state index in [1.807, 2.05) is 54.4 Å². The van der Waals surface area contributed by atoms with Gasteiger partial charge in [-0.25, -0.2) is 0 Å². The number of anilines is 2. The smallest absolute Gasteiger partial charge is 0.275 e. The van der Waals surface area contributed by atoms with Gasteiger partial charge in [0.2, 0.25) is 0 Å². The normalized spacial score (nSPS) is 11.5. The summed E-state index contributed by atoms with van der Waals surface area (Å²) in [5.41, 5.74) is 1.40. The quantitative estimate of drug-likeness (QED) is 0.528. The van der Waals surface area contributed by atoms with E-state index in [1.165, 1.54) is 0 Å². The summed E-state index contributed by atoms with van der Waals surface area (Å²) in [4.78, 5) is 6.56. The van der Waals surface area contributed by atoms with E-state index in [1.54, 1.807) is 18.4 Å².